The van der Waals surface area contributed by atoms with Crippen LogP contribution in [0.2, 0.25) is 0 Å². The maximum atomic E-state index is 12.7. The van der Waals surface area contributed by atoms with Crippen LogP contribution >= 0.6 is 11.8 Å². The van der Waals surface area contributed by atoms with E-state index in [1.165, 1.54) is 18.2 Å². The first-order chi connectivity index (χ1) is 12.9. The van der Waals surface area contributed by atoms with Gasteiger partial charge in [-0.05, 0) is 37.8 Å². The fraction of sp³-hybridized carbons (Fsp3) is 0.571. The van der Waals surface area contributed by atoms with Gasteiger partial charge in [-0.3, -0.25) is 14.2 Å². The van der Waals surface area contributed by atoms with Crippen LogP contribution in [-0.2, 0) is 11.3 Å². The first-order valence-corrected chi connectivity index (χ1v) is 10.8. The summed E-state index contributed by atoms with van der Waals surface area (Å²) in [5.74, 6) is 0.948. The molecule has 1 atom stereocenters. The van der Waals surface area contributed by atoms with Gasteiger partial charge in [-0.25, -0.2) is 4.98 Å². The number of carbonyl (C=O) groups excluding carboxylic acids is 1. The van der Waals surface area contributed by atoms with Crippen LogP contribution in [0.5, 0.6) is 0 Å². The highest BCUT2D eigenvalue weighted by Crippen LogP contribution is 2.18. The van der Waals surface area contributed by atoms with Crippen LogP contribution in [0.3, 0.4) is 0 Å². The van der Waals surface area contributed by atoms with E-state index in [2.05, 4.69) is 24.1 Å². The second-order valence-electron chi connectivity index (χ2n) is 7.45. The lowest BCUT2D eigenvalue weighted by atomic mass is 10.0. The molecule has 1 N–H and O–H groups in total. The molecular formula is C21H31N3O2S. The molecule has 2 aromatic rings. The molecule has 1 unspecified atom stereocenters. The van der Waals surface area contributed by atoms with Gasteiger partial charge in [0.2, 0.25) is 5.91 Å². The molecule has 0 saturated carbocycles. The molecule has 1 amide bonds. The van der Waals surface area contributed by atoms with Crippen molar-refractivity contribution in [3.8, 4) is 0 Å². The zero-order valence-corrected chi connectivity index (χ0v) is 17.6. The number of fused-ring (bicyclic) bond motifs is 1. The smallest absolute Gasteiger partial charge is 0.262 e. The van der Waals surface area contributed by atoms with E-state index in [-0.39, 0.29) is 23.3 Å². The highest BCUT2D eigenvalue weighted by atomic mass is 32.2. The molecule has 0 aliphatic rings. The van der Waals surface area contributed by atoms with Crippen molar-refractivity contribution in [2.45, 2.75) is 71.1 Å². The van der Waals surface area contributed by atoms with Crippen molar-refractivity contribution in [1.82, 2.24) is 14.9 Å². The molecule has 1 heterocycles. The number of benzene rings is 1. The highest BCUT2D eigenvalue weighted by Gasteiger charge is 2.14. The van der Waals surface area contributed by atoms with Crippen molar-refractivity contribution < 1.29 is 4.79 Å². The molecule has 0 radical (unpaired) electrons. The Bertz CT molecular complexity index is 817. The van der Waals surface area contributed by atoms with Crippen LogP contribution in [0.25, 0.3) is 10.9 Å². The number of amides is 1. The van der Waals surface area contributed by atoms with Crippen LogP contribution in [0.15, 0.2) is 34.2 Å². The first-order valence-electron chi connectivity index (χ1n) is 9.84. The molecule has 0 aliphatic heterocycles. The van der Waals surface area contributed by atoms with E-state index in [1.807, 2.05) is 32.0 Å². The largest absolute Gasteiger partial charge is 0.353 e. The van der Waals surface area contributed by atoms with E-state index in [0.29, 0.717) is 28.5 Å². The normalized spacial score (nSPS) is 12.5. The van der Waals surface area contributed by atoms with Crippen molar-refractivity contribution in [2.24, 2.45) is 5.92 Å². The summed E-state index contributed by atoms with van der Waals surface area (Å²) >= 11 is 1.33. The molecule has 27 heavy (non-hydrogen) atoms. The van der Waals surface area contributed by atoms with Crippen LogP contribution in [0.4, 0.5) is 0 Å². The standard InChI is InChI=1S/C21H31N3O2S/c1-5-13-24-20(26)17-11-6-7-12-18(17)23-21(24)27-14-19(25)22-16(4)10-8-9-15(2)3/h6-7,11-12,15-16H,5,8-10,13-14H2,1-4H3,(H,22,25). The summed E-state index contributed by atoms with van der Waals surface area (Å²) in [6.45, 7) is 9.11. The summed E-state index contributed by atoms with van der Waals surface area (Å²) in [5.41, 5.74) is 0.646. The molecule has 0 bridgehead atoms. The molecular weight excluding hydrogens is 358 g/mol. The third-order valence-electron chi connectivity index (χ3n) is 4.43. The molecule has 0 spiro atoms. The zero-order chi connectivity index (χ0) is 19.8. The Hall–Kier alpha value is -1.82. The van der Waals surface area contributed by atoms with Gasteiger partial charge in [0, 0.05) is 12.6 Å². The predicted octanol–water partition coefficient (Wildman–Crippen LogP) is 4.23. The third-order valence-corrected chi connectivity index (χ3v) is 5.41. The van der Waals surface area contributed by atoms with Gasteiger partial charge in [0.25, 0.3) is 5.56 Å². The lowest BCUT2D eigenvalue weighted by molar-refractivity contribution is -0.119. The Labute approximate surface area is 166 Å². The van der Waals surface area contributed by atoms with Crippen LogP contribution in [0.1, 0.15) is 53.4 Å². The summed E-state index contributed by atoms with van der Waals surface area (Å²) in [6.07, 6.45) is 4.13. The second-order valence-corrected chi connectivity index (χ2v) is 8.39. The lowest BCUT2D eigenvalue weighted by Crippen LogP contribution is -2.34. The molecule has 0 saturated heterocycles. The summed E-state index contributed by atoms with van der Waals surface area (Å²) in [6, 6.07) is 7.53. The summed E-state index contributed by atoms with van der Waals surface area (Å²) in [4.78, 5) is 29.7. The van der Waals surface area contributed by atoms with Gasteiger partial charge in [-0.2, -0.15) is 0 Å². The van der Waals surface area contributed by atoms with Gasteiger partial charge in [-0.1, -0.05) is 57.5 Å². The SMILES string of the molecule is CCCn1c(SCC(=O)NC(C)CCCC(C)C)nc2ccccc2c1=O. The second kappa shape index (κ2) is 10.5. The van der Waals surface area contributed by atoms with Crippen molar-refractivity contribution >= 4 is 28.6 Å². The number of thioether (sulfide) groups is 1. The average Bonchev–Trinajstić information content (AvgIpc) is 2.62. The molecule has 5 nitrogen and oxygen atoms in total. The molecule has 148 valence electrons. The number of hydrogen-bond acceptors (Lipinski definition) is 4. The van der Waals surface area contributed by atoms with Gasteiger partial charge in [0.1, 0.15) is 0 Å². The highest BCUT2D eigenvalue weighted by molar-refractivity contribution is 7.99. The quantitative estimate of drug-likeness (QED) is 0.488. The zero-order valence-electron chi connectivity index (χ0n) is 16.8. The number of hydrogen-bond donors (Lipinski definition) is 1. The Kier molecular flexibility index (Phi) is 8.35. The van der Waals surface area contributed by atoms with Crippen LogP contribution in [-0.4, -0.2) is 27.3 Å². The number of para-hydroxylation sites is 1. The Morgan fingerprint density at radius 3 is 2.67 bits per heavy atom. The molecule has 0 aliphatic carbocycles. The number of aromatic nitrogens is 2. The molecule has 1 aromatic heterocycles. The minimum absolute atomic E-state index is 0.0116. The number of rotatable bonds is 10. The Morgan fingerprint density at radius 2 is 1.96 bits per heavy atom. The van der Waals surface area contributed by atoms with Crippen molar-refractivity contribution in [3.05, 3.63) is 34.6 Å². The Morgan fingerprint density at radius 1 is 1.22 bits per heavy atom. The van der Waals surface area contributed by atoms with Gasteiger partial charge in [0.05, 0.1) is 16.7 Å². The predicted molar refractivity (Wildman–Crippen MR) is 113 cm³/mol. The number of nitrogens with zero attached hydrogens (tertiary/aromatic N) is 2. The first kappa shape index (κ1) is 21.5. The number of carbonyl (C=O) groups is 1. The maximum Gasteiger partial charge on any atom is 0.262 e. The molecule has 1 aromatic carbocycles. The van der Waals surface area contributed by atoms with Gasteiger partial charge >= 0.3 is 0 Å². The van der Waals surface area contributed by atoms with Gasteiger partial charge in [-0.15, -0.1) is 0 Å². The summed E-state index contributed by atoms with van der Waals surface area (Å²) < 4.78 is 1.69. The topological polar surface area (TPSA) is 64.0 Å². The molecule has 2 rings (SSSR count). The summed E-state index contributed by atoms with van der Waals surface area (Å²) in [5, 5.41) is 4.29. The van der Waals surface area contributed by atoms with E-state index in [1.54, 1.807) is 10.6 Å². The van der Waals surface area contributed by atoms with Gasteiger partial charge in [0.15, 0.2) is 5.16 Å². The van der Waals surface area contributed by atoms with Crippen LogP contribution in [0, 0.1) is 5.92 Å². The van der Waals surface area contributed by atoms with E-state index >= 15 is 0 Å². The minimum atomic E-state index is -0.0348. The van der Waals surface area contributed by atoms with Crippen molar-refractivity contribution in [3.63, 3.8) is 0 Å². The van der Waals surface area contributed by atoms with Gasteiger partial charge < -0.3 is 5.32 Å². The average molecular weight is 390 g/mol. The lowest BCUT2D eigenvalue weighted by Gasteiger charge is -2.15. The fourth-order valence-electron chi connectivity index (χ4n) is 3.03. The van der Waals surface area contributed by atoms with E-state index in [0.717, 1.165) is 19.3 Å². The van der Waals surface area contributed by atoms with Crippen LogP contribution < -0.4 is 10.9 Å². The maximum absolute atomic E-state index is 12.7. The monoisotopic (exact) mass is 389 g/mol. The van der Waals surface area contributed by atoms with Crippen molar-refractivity contribution in [1.29, 1.82) is 0 Å². The minimum Gasteiger partial charge on any atom is -0.353 e. The third kappa shape index (κ3) is 6.38. The van der Waals surface area contributed by atoms with E-state index in [9.17, 15) is 9.59 Å². The number of nitrogens with one attached hydrogen (secondary N) is 1. The van der Waals surface area contributed by atoms with Crippen molar-refractivity contribution in [2.75, 3.05) is 5.75 Å². The molecule has 6 heteroatoms. The van der Waals surface area contributed by atoms with E-state index in [4.69, 9.17) is 0 Å². The summed E-state index contributed by atoms with van der Waals surface area (Å²) in [7, 11) is 0. The molecule has 0 fully saturated rings. The van der Waals surface area contributed by atoms with E-state index < -0.39 is 0 Å². The Balaban J connectivity index is 2.02. The fourth-order valence-corrected chi connectivity index (χ4v) is 3.87.